The van der Waals surface area contributed by atoms with Crippen molar-refractivity contribution in [1.29, 1.82) is 0 Å². The van der Waals surface area contributed by atoms with Crippen molar-refractivity contribution in [1.82, 2.24) is 5.32 Å². The van der Waals surface area contributed by atoms with Gasteiger partial charge < -0.3 is 25.1 Å². The van der Waals surface area contributed by atoms with Gasteiger partial charge in [0.05, 0.1) is 19.4 Å². The van der Waals surface area contributed by atoms with Gasteiger partial charge in [-0.3, -0.25) is 4.79 Å². The second-order valence-electron chi connectivity index (χ2n) is 6.34. The lowest BCUT2D eigenvalue weighted by Crippen LogP contribution is -2.27. The largest absolute Gasteiger partial charge is 0.493 e. The second kappa shape index (κ2) is 7.87. The Balaban J connectivity index is 1.31. The standard InChI is InChI=1S/C21H19N3O4/c25-20(15-3-8-19-14(12-15)9-11-28-19)23-16-4-6-17(7-5-16)24-21(26)22-13-18-2-1-10-27-18/h1-8,10,12H,9,11,13H2,(H,23,25)(H2,22,24,26). The van der Waals surface area contributed by atoms with Gasteiger partial charge in [-0.15, -0.1) is 0 Å². The Morgan fingerprint density at radius 2 is 1.75 bits per heavy atom. The molecule has 0 atom stereocenters. The van der Waals surface area contributed by atoms with Gasteiger partial charge in [-0.05, 0) is 60.2 Å². The van der Waals surface area contributed by atoms with Crippen molar-refractivity contribution in [2.75, 3.05) is 17.2 Å². The van der Waals surface area contributed by atoms with E-state index in [2.05, 4.69) is 16.0 Å². The van der Waals surface area contributed by atoms with Gasteiger partial charge in [0.15, 0.2) is 0 Å². The second-order valence-corrected chi connectivity index (χ2v) is 6.34. The lowest BCUT2D eigenvalue weighted by atomic mass is 10.1. The van der Waals surface area contributed by atoms with Crippen molar-refractivity contribution in [2.24, 2.45) is 0 Å². The molecule has 2 aromatic carbocycles. The van der Waals surface area contributed by atoms with E-state index in [1.165, 1.54) is 0 Å². The summed E-state index contributed by atoms with van der Waals surface area (Å²) in [4.78, 5) is 24.3. The normalized spacial score (nSPS) is 12.0. The zero-order valence-electron chi connectivity index (χ0n) is 15.0. The van der Waals surface area contributed by atoms with E-state index in [9.17, 15) is 9.59 Å². The monoisotopic (exact) mass is 377 g/mol. The molecule has 2 heterocycles. The maximum atomic E-state index is 12.4. The number of carbonyl (C=O) groups excluding carboxylic acids is 2. The van der Waals surface area contributed by atoms with Gasteiger partial charge in [0.25, 0.3) is 5.91 Å². The van der Waals surface area contributed by atoms with Gasteiger partial charge in [0, 0.05) is 23.4 Å². The molecule has 0 saturated carbocycles. The number of amides is 3. The number of ether oxygens (including phenoxy) is 1. The van der Waals surface area contributed by atoms with Crippen LogP contribution in [-0.2, 0) is 13.0 Å². The molecule has 28 heavy (non-hydrogen) atoms. The van der Waals surface area contributed by atoms with Gasteiger partial charge in [-0.25, -0.2) is 4.79 Å². The number of benzene rings is 2. The summed E-state index contributed by atoms with van der Waals surface area (Å²) in [5.74, 6) is 1.33. The maximum absolute atomic E-state index is 12.4. The molecule has 7 nitrogen and oxygen atoms in total. The average molecular weight is 377 g/mol. The maximum Gasteiger partial charge on any atom is 0.319 e. The highest BCUT2D eigenvalue weighted by molar-refractivity contribution is 6.04. The van der Waals surface area contributed by atoms with Gasteiger partial charge in [0.2, 0.25) is 0 Å². The highest BCUT2D eigenvalue weighted by atomic mass is 16.5. The van der Waals surface area contributed by atoms with Gasteiger partial charge in [0.1, 0.15) is 11.5 Å². The van der Waals surface area contributed by atoms with Crippen molar-refractivity contribution in [3.63, 3.8) is 0 Å². The van der Waals surface area contributed by atoms with Gasteiger partial charge in [-0.2, -0.15) is 0 Å². The molecule has 3 aromatic rings. The summed E-state index contributed by atoms with van der Waals surface area (Å²) >= 11 is 0. The molecule has 0 unspecified atom stereocenters. The third-order valence-corrected chi connectivity index (χ3v) is 4.36. The minimum atomic E-state index is -0.339. The Labute approximate surface area is 161 Å². The summed E-state index contributed by atoms with van der Waals surface area (Å²) in [6, 6.07) is 15.5. The summed E-state index contributed by atoms with van der Waals surface area (Å²) in [7, 11) is 0. The van der Waals surface area contributed by atoms with Crippen LogP contribution in [0.2, 0.25) is 0 Å². The molecule has 0 saturated heterocycles. The quantitative estimate of drug-likeness (QED) is 0.631. The molecular formula is C21H19N3O4. The van der Waals surface area contributed by atoms with Crippen LogP contribution in [0, 0.1) is 0 Å². The zero-order valence-corrected chi connectivity index (χ0v) is 15.0. The lowest BCUT2D eigenvalue weighted by molar-refractivity contribution is 0.102. The van der Waals surface area contributed by atoms with E-state index >= 15 is 0 Å². The lowest BCUT2D eigenvalue weighted by Gasteiger charge is -2.09. The minimum Gasteiger partial charge on any atom is -0.493 e. The Morgan fingerprint density at radius 3 is 2.50 bits per heavy atom. The molecule has 142 valence electrons. The molecule has 0 aliphatic carbocycles. The predicted molar refractivity (Wildman–Crippen MR) is 105 cm³/mol. The number of carbonyl (C=O) groups is 2. The fourth-order valence-electron chi connectivity index (χ4n) is 2.92. The highest BCUT2D eigenvalue weighted by Gasteiger charge is 2.15. The summed E-state index contributed by atoms with van der Waals surface area (Å²) in [5.41, 5.74) is 2.89. The van der Waals surface area contributed by atoms with Crippen molar-refractivity contribution in [2.45, 2.75) is 13.0 Å². The molecule has 1 aliphatic heterocycles. The smallest absolute Gasteiger partial charge is 0.319 e. The Bertz CT molecular complexity index is 981. The SMILES string of the molecule is O=C(NCc1ccco1)Nc1ccc(NC(=O)c2ccc3c(c2)CCO3)cc1. The first-order chi connectivity index (χ1) is 13.7. The van der Waals surface area contributed by atoms with Gasteiger partial charge in [-0.1, -0.05) is 0 Å². The Kier molecular flexibility index (Phi) is 4.97. The first kappa shape index (κ1) is 17.7. The van der Waals surface area contributed by atoms with E-state index in [0.29, 0.717) is 35.9 Å². The van der Waals surface area contributed by atoms with E-state index in [1.54, 1.807) is 48.7 Å². The van der Waals surface area contributed by atoms with Crippen LogP contribution in [0.5, 0.6) is 5.75 Å². The van der Waals surface area contributed by atoms with Crippen LogP contribution in [0.4, 0.5) is 16.2 Å². The fraction of sp³-hybridized carbons (Fsp3) is 0.143. The van der Waals surface area contributed by atoms with E-state index in [4.69, 9.17) is 9.15 Å². The zero-order chi connectivity index (χ0) is 19.3. The van der Waals surface area contributed by atoms with E-state index in [0.717, 1.165) is 17.7 Å². The Hall–Kier alpha value is -3.74. The number of hydrogen-bond donors (Lipinski definition) is 3. The molecule has 4 rings (SSSR count). The molecule has 0 spiro atoms. The average Bonchev–Trinajstić information content (AvgIpc) is 3.39. The molecule has 0 radical (unpaired) electrons. The molecule has 3 amide bonds. The third kappa shape index (κ3) is 4.15. The van der Waals surface area contributed by atoms with Crippen molar-refractivity contribution >= 4 is 23.3 Å². The van der Waals surface area contributed by atoms with E-state index in [-0.39, 0.29) is 11.9 Å². The topological polar surface area (TPSA) is 92.6 Å². The fourth-order valence-corrected chi connectivity index (χ4v) is 2.92. The van der Waals surface area contributed by atoms with Crippen LogP contribution in [0.25, 0.3) is 0 Å². The first-order valence-corrected chi connectivity index (χ1v) is 8.92. The Morgan fingerprint density at radius 1 is 0.964 bits per heavy atom. The number of rotatable bonds is 5. The van der Waals surface area contributed by atoms with Gasteiger partial charge >= 0.3 is 6.03 Å². The summed E-state index contributed by atoms with van der Waals surface area (Å²) in [6.07, 6.45) is 2.37. The number of urea groups is 1. The van der Waals surface area contributed by atoms with Crippen LogP contribution in [0.15, 0.2) is 65.3 Å². The van der Waals surface area contributed by atoms with Crippen LogP contribution in [0.3, 0.4) is 0 Å². The molecule has 0 bridgehead atoms. The third-order valence-electron chi connectivity index (χ3n) is 4.36. The minimum absolute atomic E-state index is 0.188. The van der Waals surface area contributed by atoms with Crippen LogP contribution >= 0.6 is 0 Å². The summed E-state index contributed by atoms with van der Waals surface area (Å²) in [5, 5.41) is 8.28. The van der Waals surface area contributed by atoms with Crippen molar-refractivity contribution < 1.29 is 18.7 Å². The number of furan rings is 1. The number of nitrogens with one attached hydrogen (secondary N) is 3. The number of hydrogen-bond acceptors (Lipinski definition) is 4. The molecular weight excluding hydrogens is 358 g/mol. The van der Waals surface area contributed by atoms with E-state index < -0.39 is 0 Å². The van der Waals surface area contributed by atoms with Crippen LogP contribution in [-0.4, -0.2) is 18.5 Å². The number of anilines is 2. The van der Waals surface area contributed by atoms with Crippen LogP contribution < -0.4 is 20.7 Å². The van der Waals surface area contributed by atoms with Crippen molar-refractivity contribution in [3.05, 3.63) is 77.7 Å². The van der Waals surface area contributed by atoms with Crippen LogP contribution in [0.1, 0.15) is 21.7 Å². The highest BCUT2D eigenvalue weighted by Crippen LogP contribution is 2.26. The molecule has 7 heteroatoms. The molecule has 1 aromatic heterocycles. The summed E-state index contributed by atoms with van der Waals surface area (Å²) < 4.78 is 10.6. The van der Waals surface area contributed by atoms with E-state index in [1.807, 2.05) is 12.1 Å². The summed E-state index contributed by atoms with van der Waals surface area (Å²) in [6.45, 7) is 0.961. The molecule has 3 N–H and O–H groups in total. The number of fused-ring (bicyclic) bond motifs is 1. The first-order valence-electron chi connectivity index (χ1n) is 8.92. The molecule has 1 aliphatic rings. The molecule has 0 fully saturated rings. The van der Waals surface area contributed by atoms with Crippen molar-refractivity contribution in [3.8, 4) is 5.75 Å². The predicted octanol–water partition coefficient (Wildman–Crippen LogP) is 3.79.